The normalized spacial score (nSPS) is 16.5. The van der Waals surface area contributed by atoms with E-state index in [0.717, 1.165) is 22.8 Å². The van der Waals surface area contributed by atoms with Crippen molar-refractivity contribution < 1.29 is 14.3 Å². The van der Waals surface area contributed by atoms with Crippen molar-refractivity contribution in [2.45, 2.75) is 19.4 Å². The van der Waals surface area contributed by atoms with E-state index in [1.54, 1.807) is 11.1 Å². The van der Waals surface area contributed by atoms with Gasteiger partial charge in [0.15, 0.2) is 6.61 Å². The van der Waals surface area contributed by atoms with Crippen LogP contribution in [0.15, 0.2) is 60.8 Å². The number of hydrogen-bond acceptors (Lipinski definition) is 4. The molecule has 5 heteroatoms. The van der Waals surface area contributed by atoms with Crippen molar-refractivity contribution in [2.24, 2.45) is 0 Å². The highest BCUT2D eigenvalue weighted by Crippen LogP contribution is 2.21. The Hall–Kier alpha value is -3.08. The molecule has 1 atom stereocenters. The van der Waals surface area contributed by atoms with Gasteiger partial charge in [0.1, 0.15) is 11.9 Å². The Bertz CT molecular complexity index is 940. The predicted molar refractivity (Wildman–Crippen MR) is 104 cm³/mol. The van der Waals surface area contributed by atoms with E-state index in [4.69, 9.17) is 9.47 Å². The van der Waals surface area contributed by atoms with Gasteiger partial charge in [-0.1, -0.05) is 36.4 Å². The summed E-state index contributed by atoms with van der Waals surface area (Å²) in [5.41, 5.74) is 1.09. The Balaban J connectivity index is 1.30. The maximum Gasteiger partial charge on any atom is 0.260 e. The fourth-order valence-corrected chi connectivity index (χ4v) is 3.24. The summed E-state index contributed by atoms with van der Waals surface area (Å²) >= 11 is 0. The van der Waals surface area contributed by atoms with Gasteiger partial charge in [0.25, 0.3) is 5.91 Å². The van der Waals surface area contributed by atoms with Gasteiger partial charge in [-0.2, -0.15) is 0 Å². The number of hydrogen-bond donors (Lipinski definition) is 0. The van der Waals surface area contributed by atoms with E-state index in [9.17, 15) is 4.79 Å². The monoisotopic (exact) mass is 362 g/mol. The zero-order valence-corrected chi connectivity index (χ0v) is 15.3. The summed E-state index contributed by atoms with van der Waals surface area (Å²) in [4.78, 5) is 18.5. The van der Waals surface area contributed by atoms with Crippen LogP contribution in [0.5, 0.6) is 11.6 Å². The summed E-state index contributed by atoms with van der Waals surface area (Å²) in [5, 5.41) is 2.25. The number of benzene rings is 2. The van der Waals surface area contributed by atoms with Crippen molar-refractivity contribution >= 4 is 16.7 Å². The van der Waals surface area contributed by atoms with Gasteiger partial charge in [0.05, 0.1) is 6.54 Å². The van der Waals surface area contributed by atoms with E-state index in [1.807, 2.05) is 55.5 Å². The molecule has 0 radical (unpaired) electrons. The fraction of sp³-hybridized carbons (Fsp3) is 0.273. The zero-order chi connectivity index (χ0) is 18.6. The van der Waals surface area contributed by atoms with Gasteiger partial charge in [0.2, 0.25) is 5.88 Å². The van der Waals surface area contributed by atoms with E-state index < -0.39 is 0 Å². The molecule has 2 heterocycles. The van der Waals surface area contributed by atoms with Gasteiger partial charge in [-0.05, 0) is 35.4 Å². The SMILES string of the molecule is Cc1ccc(OC2CCN(C(=O)COc3ccc4ccccc4c3)C2)nc1. The average Bonchev–Trinajstić information content (AvgIpc) is 3.16. The first kappa shape index (κ1) is 17.3. The smallest absolute Gasteiger partial charge is 0.260 e. The van der Waals surface area contributed by atoms with Crippen LogP contribution in [0.25, 0.3) is 10.8 Å². The second-order valence-corrected chi connectivity index (χ2v) is 6.84. The lowest BCUT2D eigenvalue weighted by atomic mass is 10.1. The third-order valence-corrected chi connectivity index (χ3v) is 4.75. The first-order valence-electron chi connectivity index (χ1n) is 9.16. The van der Waals surface area contributed by atoms with E-state index in [-0.39, 0.29) is 18.6 Å². The van der Waals surface area contributed by atoms with E-state index >= 15 is 0 Å². The Morgan fingerprint density at radius 3 is 2.81 bits per heavy atom. The highest BCUT2D eigenvalue weighted by atomic mass is 16.5. The van der Waals surface area contributed by atoms with Crippen LogP contribution in [0.2, 0.25) is 0 Å². The van der Waals surface area contributed by atoms with Gasteiger partial charge < -0.3 is 14.4 Å². The van der Waals surface area contributed by atoms with Crippen LogP contribution in [-0.4, -0.2) is 41.6 Å². The van der Waals surface area contributed by atoms with E-state index in [2.05, 4.69) is 11.1 Å². The number of nitrogens with zero attached hydrogens (tertiary/aromatic N) is 2. The molecule has 1 fully saturated rings. The van der Waals surface area contributed by atoms with Crippen LogP contribution in [0.4, 0.5) is 0 Å². The molecule has 4 rings (SSSR count). The number of pyridine rings is 1. The Labute approximate surface area is 158 Å². The molecule has 1 unspecified atom stereocenters. The third-order valence-electron chi connectivity index (χ3n) is 4.75. The van der Waals surface area contributed by atoms with Crippen molar-refractivity contribution in [3.8, 4) is 11.6 Å². The minimum Gasteiger partial charge on any atom is -0.484 e. The second-order valence-electron chi connectivity index (χ2n) is 6.84. The van der Waals surface area contributed by atoms with Gasteiger partial charge in [-0.3, -0.25) is 4.79 Å². The number of carbonyl (C=O) groups excluding carboxylic acids is 1. The molecule has 1 amide bonds. The van der Waals surface area contributed by atoms with Crippen LogP contribution >= 0.6 is 0 Å². The quantitative estimate of drug-likeness (QED) is 0.696. The lowest BCUT2D eigenvalue weighted by Crippen LogP contribution is -2.34. The Morgan fingerprint density at radius 2 is 2.00 bits per heavy atom. The molecule has 1 aromatic heterocycles. The highest BCUT2D eigenvalue weighted by Gasteiger charge is 2.28. The van der Waals surface area contributed by atoms with Crippen LogP contribution in [-0.2, 0) is 4.79 Å². The van der Waals surface area contributed by atoms with Crippen LogP contribution in [0.3, 0.4) is 0 Å². The Kier molecular flexibility index (Phi) is 4.92. The average molecular weight is 362 g/mol. The molecule has 0 aliphatic carbocycles. The number of rotatable bonds is 5. The summed E-state index contributed by atoms with van der Waals surface area (Å²) in [7, 11) is 0. The summed E-state index contributed by atoms with van der Waals surface area (Å²) < 4.78 is 11.6. The van der Waals surface area contributed by atoms with E-state index in [0.29, 0.717) is 24.7 Å². The number of aryl methyl sites for hydroxylation is 1. The summed E-state index contributed by atoms with van der Waals surface area (Å²) in [6.07, 6.45) is 2.56. The van der Waals surface area contributed by atoms with Gasteiger partial charge >= 0.3 is 0 Å². The van der Waals surface area contributed by atoms with Gasteiger partial charge in [-0.15, -0.1) is 0 Å². The molecular weight excluding hydrogens is 340 g/mol. The van der Waals surface area contributed by atoms with Crippen LogP contribution in [0.1, 0.15) is 12.0 Å². The number of amides is 1. The van der Waals surface area contributed by atoms with Crippen molar-refractivity contribution in [1.29, 1.82) is 0 Å². The van der Waals surface area contributed by atoms with Crippen molar-refractivity contribution in [1.82, 2.24) is 9.88 Å². The lowest BCUT2D eigenvalue weighted by Gasteiger charge is -2.17. The molecular formula is C22H22N2O3. The molecule has 0 bridgehead atoms. The minimum atomic E-state index is -0.0233. The van der Waals surface area contributed by atoms with Crippen LogP contribution in [0, 0.1) is 6.92 Å². The van der Waals surface area contributed by atoms with Crippen molar-refractivity contribution in [2.75, 3.05) is 19.7 Å². The minimum absolute atomic E-state index is 0.0221. The van der Waals surface area contributed by atoms with Gasteiger partial charge in [0, 0.05) is 25.2 Å². The number of fused-ring (bicyclic) bond motifs is 1. The molecule has 0 spiro atoms. The van der Waals surface area contributed by atoms with Crippen LogP contribution < -0.4 is 9.47 Å². The highest BCUT2D eigenvalue weighted by molar-refractivity contribution is 5.84. The molecule has 3 aromatic rings. The third kappa shape index (κ3) is 4.19. The van der Waals surface area contributed by atoms with Gasteiger partial charge in [-0.25, -0.2) is 4.98 Å². The topological polar surface area (TPSA) is 51.7 Å². The van der Waals surface area contributed by atoms with E-state index in [1.165, 1.54) is 0 Å². The number of carbonyl (C=O) groups is 1. The molecule has 1 aliphatic rings. The largest absolute Gasteiger partial charge is 0.484 e. The molecule has 1 aliphatic heterocycles. The first-order chi connectivity index (χ1) is 13.2. The molecule has 138 valence electrons. The number of aromatic nitrogens is 1. The maximum atomic E-state index is 12.5. The fourth-order valence-electron chi connectivity index (χ4n) is 3.24. The van der Waals surface area contributed by atoms with Crippen molar-refractivity contribution in [3.63, 3.8) is 0 Å². The first-order valence-corrected chi connectivity index (χ1v) is 9.16. The molecule has 2 aromatic carbocycles. The lowest BCUT2D eigenvalue weighted by molar-refractivity contribution is -0.132. The standard InChI is InChI=1S/C22H22N2O3/c1-16-6-9-21(23-13-16)27-20-10-11-24(14-20)22(25)15-26-19-8-7-17-4-2-3-5-18(17)12-19/h2-9,12-13,20H,10-11,14-15H2,1H3. The summed E-state index contributed by atoms with van der Waals surface area (Å²) in [6, 6.07) is 17.8. The Morgan fingerprint density at radius 1 is 1.15 bits per heavy atom. The molecule has 1 saturated heterocycles. The maximum absolute atomic E-state index is 12.5. The number of likely N-dealkylation sites (tertiary alicyclic amines) is 1. The second kappa shape index (κ2) is 7.66. The summed E-state index contributed by atoms with van der Waals surface area (Å²) in [6.45, 7) is 3.27. The predicted octanol–water partition coefficient (Wildman–Crippen LogP) is 3.60. The number of ether oxygens (including phenoxy) is 2. The van der Waals surface area contributed by atoms with Crippen molar-refractivity contribution in [3.05, 3.63) is 66.4 Å². The molecule has 0 saturated carbocycles. The molecule has 0 N–H and O–H groups in total. The summed E-state index contributed by atoms with van der Waals surface area (Å²) in [5.74, 6) is 1.29. The zero-order valence-electron chi connectivity index (χ0n) is 15.3. The molecule has 5 nitrogen and oxygen atoms in total. The molecule has 27 heavy (non-hydrogen) atoms.